The second-order valence-corrected chi connectivity index (χ2v) is 6.02. The highest BCUT2D eigenvalue weighted by atomic mass is 35.5. The zero-order valence-electron chi connectivity index (χ0n) is 8.87. The Hall–Kier alpha value is -0.180. The van der Waals surface area contributed by atoms with Crippen molar-refractivity contribution in [2.45, 2.75) is 36.0 Å². The molecule has 1 fully saturated rings. The fraction of sp³-hybridized carbons (Fsp3) is 0.500. The summed E-state index contributed by atoms with van der Waals surface area (Å²) in [6.07, 6.45) is 2.71. The number of benzene rings is 1. The third-order valence-electron chi connectivity index (χ3n) is 2.40. The average Bonchev–Trinajstić information content (AvgIpc) is 2.98. The Morgan fingerprint density at radius 1 is 1.53 bits per heavy atom. The van der Waals surface area contributed by atoms with Crippen molar-refractivity contribution in [3.63, 3.8) is 0 Å². The lowest BCUT2D eigenvalue weighted by atomic mass is 10.4. The predicted molar refractivity (Wildman–Crippen MR) is 67.8 cm³/mol. The largest absolute Gasteiger partial charge is 0.313 e. The number of rotatable bonds is 5. The lowest BCUT2D eigenvalue weighted by molar-refractivity contribution is 0.679. The lowest BCUT2D eigenvalue weighted by Gasteiger charge is -2.11. The zero-order chi connectivity index (χ0) is 10.7. The van der Waals surface area contributed by atoms with Crippen molar-refractivity contribution < 1.29 is 0 Å². The van der Waals surface area contributed by atoms with Crippen molar-refractivity contribution in [2.24, 2.45) is 0 Å². The summed E-state index contributed by atoms with van der Waals surface area (Å²) in [5.41, 5.74) is 0. The highest BCUT2D eigenvalue weighted by Gasteiger charge is 2.20. The Kier molecular flexibility index (Phi) is 3.95. The van der Waals surface area contributed by atoms with E-state index in [-0.39, 0.29) is 0 Å². The molecule has 0 radical (unpaired) electrons. The minimum Gasteiger partial charge on any atom is -0.313 e. The summed E-state index contributed by atoms with van der Waals surface area (Å²) in [4.78, 5) is 1.26. The average molecular weight is 242 g/mol. The van der Waals surface area contributed by atoms with Crippen LogP contribution in [-0.2, 0) is 0 Å². The quantitative estimate of drug-likeness (QED) is 0.791. The lowest BCUT2D eigenvalue weighted by Crippen LogP contribution is -2.24. The third kappa shape index (κ3) is 4.06. The molecule has 0 spiro atoms. The van der Waals surface area contributed by atoms with Crippen molar-refractivity contribution in [3.05, 3.63) is 29.3 Å². The molecule has 82 valence electrons. The van der Waals surface area contributed by atoms with Gasteiger partial charge in [-0.25, -0.2) is 0 Å². The van der Waals surface area contributed by atoms with Crippen LogP contribution >= 0.6 is 23.4 Å². The van der Waals surface area contributed by atoms with E-state index in [0.29, 0.717) is 5.25 Å². The second kappa shape index (κ2) is 5.24. The molecule has 0 amide bonds. The van der Waals surface area contributed by atoms with E-state index in [1.807, 2.05) is 30.0 Å². The van der Waals surface area contributed by atoms with Crippen LogP contribution in [0, 0.1) is 0 Å². The first-order chi connectivity index (χ1) is 7.24. The van der Waals surface area contributed by atoms with Gasteiger partial charge in [-0.3, -0.25) is 0 Å². The molecule has 1 nitrogen and oxygen atoms in total. The van der Waals surface area contributed by atoms with Crippen LogP contribution in [0.1, 0.15) is 19.8 Å². The van der Waals surface area contributed by atoms with E-state index in [2.05, 4.69) is 18.3 Å². The van der Waals surface area contributed by atoms with Crippen LogP contribution in [0.5, 0.6) is 0 Å². The summed E-state index contributed by atoms with van der Waals surface area (Å²) in [6.45, 7) is 3.34. The van der Waals surface area contributed by atoms with Gasteiger partial charge >= 0.3 is 0 Å². The molecule has 1 aliphatic rings. The van der Waals surface area contributed by atoms with Gasteiger partial charge in [0.25, 0.3) is 0 Å². The standard InChI is InChI=1S/C12H16ClNS/c1-9(8-14-11-5-6-11)15-12-4-2-3-10(13)7-12/h2-4,7,9,11,14H,5-6,8H2,1H3. The number of nitrogens with one attached hydrogen (secondary N) is 1. The molecule has 1 aromatic carbocycles. The van der Waals surface area contributed by atoms with E-state index in [1.165, 1.54) is 17.7 Å². The topological polar surface area (TPSA) is 12.0 Å². The van der Waals surface area contributed by atoms with Gasteiger partial charge in [-0.15, -0.1) is 11.8 Å². The molecule has 2 rings (SSSR count). The normalized spacial score (nSPS) is 17.7. The van der Waals surface area contributed by atoms with Crippen LogP contribution < -0.4 is 5.32 Å². The highest BCUT2D eigenvalue weighted by Crippen LogP contribution is 2.26. The van der Waals surface area contributed by atoms with E-state index >= 15 is 0 Å². The van der Waals surface area contributed by atoms with Crippen LogP contribution in [0.2, 0.25) is 5.02 Å². The molecule has 15 heavy (non-hydrogen) atoms. The molecule has 1 aromatic rings. The maximum atomic E-state index is 5.94. The van der Waals surface area contributed by atoms with E-state index in [0.717, 1.165) is 17.6 Å². The molecule has 1 atom stereocenters. The van der Waals surface area contributed by atoms with Crippen LogP contribution in [-0.4, -0.2) is 17.8 Å². The molecule has 1 saturated carbocycles. The smallest absolute Gasteiger partial charge is 0.0417 e. The van der Waals surface area contributed by atoms with Crippen LogP contribution in [0.4, 0.5) is 0 Å². The van der Waals surface area contributed by atoms with Gasteiger partial charge in [0.15, 0.2) is 0 Å². The number of hydrogen-bond donors (Lipinski definition) is 1. The maximum Gasteiger partial charge on any atom is 0.0417 e. The fourth-order valence-electron chi connectivity index (χ4n) is 1.43. The summed E-state index contributed by atoms with van der Waals surface area (Å²) >= 11 is 7.82. The summed E-state index contributed by atoms with van der Waals surface area (Å²) in [7, 11) is 0. The van der Waals surface area contributed by atoms with Gasteiger partial charge in [0, 0.05) is 27.8 Å². The van der Waals surface area contributed by atoms with E-state index < -0.39 is 0 Å². The maximum absolute atomic E-state index is 5.94. The van der Waals surface area contributed by atoms with Crippen molar-refractivity contribution in [1.29, 1.82) is 0 Å². The van der Waals surface area contributed by atoms with Gasteiger partial charge in [0.05, 0.1) is 0 Å². The van der Waals surface area contributed by atoms with Gasteiger partial charge in [-0.2, -0.15) is 0 Å². The van der Waals surface area contributed by atoms with Gasteiger partial charge in [-0.1, -0.05) is 24.6 Å². The van der Waals surface area contributed by atoms with Crippen LogP contribution in [0.15, 0.2) is 29.2 Å². The van der Waals surface area contributed by atoms with Gasteiger partial charge in [0.2, 0.25) is 0 Å². The molecule has 3 heteroatoms. The summed E-state index contributed by atoms with van der Waals surface area (Å²) in [5.74, 6) is 0. The summed E-state index contributed by atoms with van der Waals surface area (Å²) in [6, 6.07) is 8.86. The predicted octanol–water partition coefficient (Wildman–Crippen LogP) is 3.57. The number of hydrogen-bond acceptors (Lipinski definition) is 2. The van der Waals surface area contributed by atoms with Gasteiger partial charge in [0.1, 0.15) is 0 Å². The minimum absolute atomic E-state index is 0.601. The fourth-order valence-corrected chi connectivity index (χ4v) is 2.69. The molecule has 1 N–H and O–H groups in total. The minimum atomic E-state index is 0.601. The third-order valence-corrected chi connectivity index (χ3v) is 3.73. The first-order valence-electron chi connectivity index (χ1n) is 5.39. The van der Waals surface area contributed by atoms with Gasteiger partial charge in [-0.05, 0) is 31.0 Å². The first kappa shape index (κ1) is 11.3. The monoisotopic (exact) mass is 241 g/mol. The van der Waals surface area contributed by atoms with Gasteiger partial charge < -0.3 is 5.32 Å². The molecule has 0 bridgehead atoms. The van der Waals surface area contributed by atoms with Crippen molar-refractivity contribution >= 4 is 23.4 Å². The highest BCUT2D eigenvalue weighted by molar-refractivity contribution is 8.00. The molecule has 0 saturated heterocycles. The molecule has 1 unspecified atom stereocenters. The first-order valence-corrected chi connectivity index (χ1v) is 6.65. The van der Waals surface area contributed by atoms with Crippen molar-refractivity contribution in [2.75, 3.05) is 6.54 Å². The van der Waals surface area contributed by atoms with Crippen LogP contribution in [0.3, 0.4) is 0 Å². The Balaban J connectivity index is 1.79. The van der Waals surface area contributed by atoms with E-state index in [1.54, 1.807) is 0 Å². The SMILES string of the molecule is CC(CNC1CC1)Sc1cccc(Cl)c1. The summed E-state index contributed by atoms with van der Waals surface area (Å²) in [5, 5.41) is 4.96. The van der Waals surface area contributed by atoms with Crippen LogP contribution in [0.25, 0.3) is 0 Å². The molecule has 0 aromatic heterocycles. The summed E-state index contributed by atoms with van der Waals surface area (Å²) < 4.78 is 0. The number of thioether (sulfide) groups is 1. The molecule has 1 aliphatic carbocycles. The molecular formula is C12H16ClNS. The van der Waals surface area contributed by atoms with E-state index in [4.69, 9.17) is 11.6 Å². The zero-order valence-corrected chi connectivity index (χ0v) is 10.4. The number of halogens is 1. The van der Waals surface area contributed by atoms with Crippen molar-refractivity contribution in [3.8, 4) is 0 Å². The second-order valence-electron chi connectivity index (χ2n) is 4.07. The Bertz CT molecular complexity index is 325. The molecule has 0 heterocycles. The Morgan fingerprint density at radius 2 is 2.33 bits per heavy atom. The molecule has 0 aliphatic heterocycles. The Morgan fingerprint density at radius 3 is 3.00 bits per heavy atom. The van der Waals surface area contributed by atoms with E-state index in [9.17, 15) is 0 Å². The van der Waals surface area contributed by atoms with Crippen molar-refractivity contribution in [1.82, 2.24) is 5.32 Å². The Labute approximate surface area is 101 Å². The molecular weight excluding hydrogens is 226 g/mol.